The number of nitrogens with zero attached hydrogens (tertiary/aromatic N) is 2. The van der Waals surface area contributed by atoms with Gasteiger partial charge in [0.05, 0.1) is 23.7 Å². The van der Waals surface area contributed by atoms with Gasteiger partial charge < -0.3 is 11.5 Å². The topological polar surface area (TPSA) is 123 Å². The third-order valence-electron chi connectivity index (χ3n) is 4.07. The monoisotopic (exact) mass is 389 g/mol. The van der Waals surface area contributed by atoms with E-state index >= 15 is 0 Å². The first-order valence-corrected chi connectivity index (χ1v) is 9.82. The molecular formula is C18H20FN5O2S. The lowest BCUT2D eigenvalue weighted by Gasteiger charge is -2.14. The Bertz CT molecular complexity index is 1020. The van der Waals surface area contributed by atoms with Gasteiger partial charge in [0.2, 0.25) is 10.0 Å². The molecule has 0 amide bonds. The van der Waals surface area contributed by atoms with Crippen molar-refractivity contribution >= 4 is 21.6 Å². The lowest BCUT2D eigenvalue weighted by Crippen LogP contribution is -2.29. The number of hydrogen-bond acceptors (Lipinski definition) is 6. The average Bonchev–Trinajstić information content (AvgIpc) is 2.67. The molecule has 1 aliphatic rings. The summed E-state index contributed by atoms with van der Waals surface area (Å²) in [4.78, 5) is 8.39. The highest BCUT2D eigenvalue weighted by Gasteiger charge is 2.20. The fourth-order valence-corrected chi connectivity index (χ4v) is 4.03. The van der Waals surface area contributed by atoms with Crippen molar-refractivity contribution in [3.05, 3.63) is 53.8 Å². The molecule has 7 nitrogen and oxygen atoms in total. The van der Waals surface area contributed by atoms with E-state index in [0.717, 1.165) is 0 Å². The van der Waals surface area contributed by atoms with Crippen molar-refractivity contribution in [2.45, 2.75) is 4.90 Å². The zero-order valence-electron chi connectivity index (χ0n) is 14.5. The van der Waals surface area contributed by atoms with Gasteiger partial charge in [0, 0.05) is 24.2 Å². The van der Waals surface area contributed by atoms with Gasteiger partial charge in [0.1, 0.15) is 11.7 Å². The van der Waals surface area contributed by atoms with Crippen LogP contribution in [0.25, 0.3) is 11.1 Å². The van der Waals surface area contributed by atoms with Crippen molar-refractivity contribution < 1.29 is 12.8 Å². The van der Waals surface area contributed by atoms with E-state index in [1.54, 1.807) is 30.3 Å². The lowest BCUT2D eigenvalue weighted by atomic mass is 10.0. The molecule has 0 bridgehead atoms. The molecule has 0 aliphatic carbocycles. The van der Waals surface area contributed by atoms with Crippen LogP contribution in [0.5, 0.6) is 0 Å². The maximum atomic E-state index is 14.7. The van der Waals surface area contributed by atoms with Gasteiger partial charge in [-0.05, 0) is 23.8 Å². The van der Waals surface area contributed by atoms with Crippen LogP contribution in [0, 0.1) is 5.82 Å². The fourth-order valence-electron chi connectivity index (χ4n) is 2.75. The van der Waals surface area contributed by atoms with Crippen molar-refractivity contribution in [2.24, 2.45) is 21.5 Å². The van der Waals surface area contributed by atoms with Crippen molar-refractivity contribution in [3.63, 3.8) is 0 Å². The molecule has 0 saturated heterocycles. The highest BCUT2D eigenvalue weighted by Crippen LogP contribution is 2.29. The molecule has 0 radical (unpaired) electrons. The predicted molar refractivity (Wildman–Crippen MR) is 104 cm³/mol. The summed E-state index contributed by atoms with van der Waals surface area (Å²) >= 11 is 0. The molecular weight excluding hydrogens is 369 g/mol. The molecule has 2 aromatic carbocycles. The van der Waals surface area contributed by atoms with Crippen LogP contribution < -0.4 is 16.2 Å². The number of nitrogens with one attached hydrogen (secondary N) is 1. The Morgan fingerprint density at radius 3 is 2.52 bits per heavy atom. The first kappa shape index (κ1) is 19.2. The largest absolute Gasteiger partial charge is 0.386 e. The van der Waals surface area contributed by atoms with Gasteiger partial charge in [0.25, 0.3) is 0 Å². The minimum absolute atomic E-state index is 0.0676. The molecule has 0 fully saturated rings. The first-order valence-electron chi connectivity index (χ1n) is 8.33. The quantitative estimate of drug-likeness (QED) is 0.679. The van der Waals surface area contributed by atoms with E-state index in [2.05, 4.69) is 14.7 Å². The van der Waals surface area contributed by atoms with E-state index < -0.39 is 15.8 Å². The molecule has 1 heterocycles. The fraction of sp³-hybridized carbons (Fsp3) is 0.222. The predicted octanol–water partition coefficient (Wildman–Crippen LogP) is 0.890. The summed E-state index contributed by atoms with van der Waals surface area (Å²) < 4.78 is 42.1. The summed E-state index contributed by atoms with van der Waals surface area (Å²) in [7, 11) is -3.76. The third-order valence-corrected chi connectivity index (χ3v) is 5.59. The van der Waals surface area contributed by atoms with E-state index in [4.69, 9.17) is 11.5 Å². The Hall–Kier alpha value is -2.62. The Morgan fingerprint density at radius 2 is 1.85 bits per heavy atom. The SMILES string of the molecule is NCCNS(=O)(=O)c1ccccc1-c1ccc(C2=NCC(N)=NC2)c(F)c1. The highest BCUT2D eigenvalue weighted by molar-refractivity contribution is 7.89. The number of rotatable bonds is 6. The smallest absolute Gasteiger partial charge is 0.241 e. The molecule has 0 atom stereocenters. The number of sulfonamides is 1. The summed E-state index contributed by atoms with van der Waals surface area (Å²) in [5.74, 6) is -0.0797. The van der Waals surface area contributed by atoms with E-state index in [0.29, 0.717) is 28.2 Å². The minimum atomic E-state index is -3.76. The Kier molecular flexibility index (Phi) is 5.64. The number of benzene rings is 2. The first-order chi connectivity index (χ1) is 12.9. The van der Waals surface area contributed by atoms with Crippen LogP contribution in [0.3, 0.4) is 0 Å². The minimum Gasteiger partial charge on any atom is -0.386 e. The maximum absolute atomic E-state index is 14.7. The van der Waals surface area contributed by atoms with Crippen LogP contribution in [0.15, 0.2) is 57.3 Å². The molecule has 0 spiro atoms. The molecule has 142 valence electrons. The highest BCUT2D eigenvalue weighted by atomic mass is 32.2. The Labute approximate surface area is 157 Å². The molecule has 9 heteroatoms. The van der Waals surface area contributed by atoms with Gasteiger partial charge in [-0.2, -0.15) is 0 Å². The lowest BCUT2D eigenvalue weighted by molar-refractivity contribution is 0.582. The second kappa shape index (κ2) is 7.95. The van der Waals surface area contributed by atoms with Crippen molar-refractivity contribution in [1.82, 2.24) is 4.72 Å². The molecule has 0 saturated carbocycles. The zero-order chi connectivity index (χ0) is 19.4. The second-order valence-electron chi connectivity index (χ2n) is 5.95. The summed E-state index contributed by atoms with van der Waals surface area (Å²) in [6.07, 6.45) is 0. The van der Waals surface area contributed by atoms with Crippen LogP contribution in [0.2, 0.25) is 0 Å². The Morgan fingerprint density at radius 1 is 1.07 bits per heavy atom. The normalized spacial score (nSPS) is 14.6. The second-order valence-corrected chi connectivity index (χ2v) is 7.68. The van der Waals surface area contributed by atoms with Crippen molar-refractivity contribution in [1.29, 1.82) is 0 Å². The number of aliphatic imine (C=N–C) groups is 2. The summed E-state index contributed by atoms with van der Waals surface area (Å²) in [5, 5.41) is 0. The molecule has 1 aliphatic heterocycles. The van der Waals surface area contributed by atoms with E-state index in [9.17, 15) is 12.8 Å². The molecule has 27 heavy (non-hydrogen) atoms. The zero-order valence-corrected chi connectivity index (χ0v) is 15.3. The summed E-state index contributed by atoms with van der Waals surface area (Å²) in [6, 6.07) is 11.0. The molecule has 0 unspecified atom stereocenters. The van der Waals surface area contributed by atoms with Crippen LogP contribution in [-0.2, 0) is 10.0 Å². The van der Waals surface area contributed by atoms with Gasteiger partial charge in [-0.1, -0.05) is 24.3 Å². The molecule has 0 aromatic heterocycles. The van der Waals surface area contributed by atoms with Gasteiger partial charge in [-0.25, -0.2) is 17.5 Å². The van der Waals surface area contributed by atoms with Crippen LogP contribution in [-0.4, -0.2) is 46.1 Å². The maximum Gasteiger partial charge on any atom is 0.241 e. The Balaban J connectivity index is 1.98. The van der Waals surface area contributed by atoms with Crippen LogP contribution in [0.1, 0.15) is 5.56 Å². The molecule has 2 aromatic rings. The van der Waals surface area contributed by atoms with Crippen molar-refractivity contribution in [2.75, 3.05) is 26.2 Å². The third kappa shape index (κ3) is 4.21. The van der Waals surface area contributed by atoms with Gasteiger partial charge >= 0.3 is 0 Å². The standard InChI is InChI=1S/C18H20FN5O2S/c19-15-9-12(5-6-14(15)16-10-23-18(21)11-22-16)13-3-1-2-4-17(13)27(25,26)24-8-7-20/h1-6,9,24H,7-8,10-11,20H2,(H2,21,23). The van der Waals surface area contributed by atoms with Gasteiger partial charge in [-0.15, -0.1) is 0 Å². The van der Waals surface area contributed by atoms with Crippen molar-refractivity contribution in [3.8, 4) is 11.1 Å². The van der Waals surface area contributed by atoms with E-state index in [1.165, 1.54) is 12.1 Å². The number of nitrogens with two attached hydrogens (primary N) is 2. The van der Waals surface area contributed by atoms with E-state index in [1.807, 2.05) is 0 Å². The summed E-state index contributed by atoms with van der Waals surface area (Å²) in [5.41, 5.74) is 12.7. The average molecular weight is 389 g/mol. The van der Waals surface area contributed by atoms with Crippen LogP contribution in [0.4, 0.5) is 4.39 Å². The molecule has 3 rings (SSSR count). The number of amidine groups is 1. The van der Waals surface area contributed by atoms with Gasteiger partial charge in [0.15, 0.2) is 0 Å². The molecule has 5 N–H and O–H groups in total. The number of hydrogen-bond donors (Lipinski definition) is 3. The van der Waals surface area contributed by atoms with Crippen LogP contribution >= 0.6 is 0 Å². The number of halogens is 1. The van der Waals surface area contributed by atoms with E-state index in [-0.39, 0.29) is 31.1 Å². The van der Waals surface area contributed by atoms with Gasteiger partial charge in [-0.3, -0.25) is 9.98 Å². The summed E-state index contributed by atoms with van der Waals surface area (Å²) in [6.45, 7) is 0.758.